The average molecular weight is 208 g/mol. The highest BCUT2D eigenvalue weighted by atomic mass is 31.2. The maximum atomic E-state index is 10.6. The molecule has 4 N–H and O–H groups in total. The van der Waals surface area contributed by atoms with Gasteiger partial charge in [0.25, 0.3) is 5.56 Å². The van der Waals surface area contributed by atoms with Crippen molar-refractivity contribution in [3.63, 3.8) is 0 Å². The Bertz CT molecular complexity index is 426. The van der Waals surface area contributed by atoms with Crippen molar-refractivity contribution in [2.24, 2.45) is 0 Å². The normalized spacial score (nSPS) is 11.2. The molecule has 0 aromatic carbocycles. The van der Waals surface area contributed by atoms with E-state index in [1.165, 1.54) is 0 Å². The molecule has 0 saturated carbocycles. The summed E-state index contributed by atoms with van der Waals surface area (Å²) in [4.78, 5) is 41.4. The Morgan fingerprint density at radius 3 is 2.38 bits per heavy atom. The molecule has 1 heterocycles. The predicted molar refractivity (Wildman–Crippen MR) is 40.4 cm³/mol. The van der Waals surface area contributed by atoms with Crippen LogP contribution in [0.15, 0.2) is 15.7 Å². The van der Waals surface area contributed by atoms with Gasteiger partial charge in [0, 0.05) is 0 Å². The Balaban J connectivity index is 3.11. The topological polar surface area (TPSA) is 132 Å². The summed E-state index contributed by atoms with van der Waals surface area (Å²) in [6.07, 6.45) is 0. The first-order chi connectivity index (χ1) is 5.87. The van der Waals surface area contributed by atoms with Crippen LogP contribution in [0.1, 0.15) is 0 Å². The molecule has 0 aliphatic rings. The van der Waals surface area contributed by atoms with Crippen LogP contribution in [0.25, 0.3) is 0 Å². The molecular weight excluding hydrogens is 203 g/mol. The first-order valence-electron chi connectivity index (χ1n) is 2.95. The van der Waals surface area contributed by atoms with Gasteiger partial charge in [-0.05, 0) is 0 Å². The van der Waals surface area contributed by atoms with Crippen LogP contribution in [0.2, 0.25) is 0 Å². The Hall–Kier alpha value is -1.37. The number of hydrogen-bond donors (Lipinski definition) is 4. The smallest absolute Gasteiger partial charge is 0.387 e. The van der Waals surface area contributed by atoms with Gasteiger partial charge in [0.15, 0.2) is 0 Å². The molecule has 72 valence electrons. The zero-order valence-corrected chi connectivity index (χ0v) is 6.95. The number of nitrogens with one attached hydrogen (secondary N) is 2. The van der Waals surface area contributed by atoms with Gasteiger partial charge in [-0.1, -0.05) is 0 Å². The van der Waals surface area contributed by atoms with E-state index in [1.807, 2.05) is 4.98 Å². The van der Waals surface area contributed by atoms with Crippen LogP contribution in [0, 0.1) is 0 Å². The van der Waals surface area contributed by atoms with E-state index in [0.29, 0.717) is 6.07 Å². The standard InChI is InChI=1S/C4H5N2O6P/c7-2-1-3(6-4(8)5-2)12-13(9,10)11/h1H,(H2,9,10,11)(H2,5,6,7,8). The molecule has 9 heteroatoms. The molecule has 0 spiro atoms. The van der Waals surface area contributed by atoms with Crippen LogP contribution < -0.4 is 15.8 Å². The van der Waals surface area contributed by atoms with Gasteiger partial charge >= 0.3 is 13.5 Å². The zero-order valence-electron chi connectivity index (χ0n) is 6.05. The molecule has 0 aliphatic carbocycles. The van der Waals surface area contributed by atoms with Gasteiger partial charge in [-0.25, -0.2) is 9.36 Å². The summed E-state index contributed by atoms with van der Waals surface area (Å²) in [6.45, 7) is 0. The van der Waals surface area contributed by atoms with Crippen LogP contribution >= 0.6 is 7.82 Å². The van der Waals surface area contributed by atoms with Crippen LogP contribution in [0.3, 0.4) is 0 Å². The van der Waals surface area contributed by atoms with E-state index in [9.17, 15) is 14.2 Å². The first kappa shape index (κ1) is 9.72. The lowest BCUT2D eigenvalue weighted by Crippen LogP contribution is -2.21. The minimum Gasteiger partial charge on any atom is -0.387 e. The molecule has 0 saturated heterocycles. The van der Waals surface area contributed by atoms with Crippen molar-refractivity contribution >= 4 is 7.82 Å². The van der Waals surface area contributed by atoms with Gasteiger partial charge in [-0.3, -0.25) is 24.5 Å². The lowest BCUT2D eigenvalue weighted by Gasteiger charge is -2.04. The molecule has 8 nitrogen and oxygen atoms in total. The molecular formula is C4H5N2O6P. The summed E-state index contributed by atoms with van der Waals surface area (Å²) in [5.74, 6) is -0.581. The highest BCUT2D eigenvalue weighted by Gasteiger charge is 2.16. The molecule has 0 aliphatic heterocycles. The fourth-order valence-electron chi connectivity index (χ4n) is 0.624. The maximum Gasteiger partial charge on any atom is 0.525 e. The minimum atomic E-state index is -4.75. The van der Waals surface area contributed by atoms with Gasteiger partial charge in [0.2, 0.25) is 5.88 Å². The highest BCUT2D eigenvalue weighted by Crippen LogP contribution is 2.35. The fraction of sp³-hybridized carbons (Fsp3) is 0. The number of rotatable bonds is 2. The van der Waals surface area contributed by atoms with E-state index in [2.05, 4.69) is 4.52 Å². The Labute approximate surface area is 70.4 Å². The molecule has 1 aromatic heterocycles. The van der Waals surface area contributed by atoms with Crippen LogP contribution in [0.4, 0.5) is 0 Å². The van der Waals surface area contributed by atoms with Gasteiger partial charge in [0.1, 0.15) is 0 Å². The largest absolute Gasteiger partial charge is 0.525 e. The van der Waals surface area contributed by atoms with E-state index in [-0.39, 0.29) is 0 Å². The number of aromatic nitrogens is 2. The summed E-state index contributed by atoms with van der Waals surface area (Å²) in [5.41, 5.74) is -1.72. The summed E-state index contributed by atoms with van der Waals surface area (Å²) < 4.78 is 14.2. The van der Waals surface area contributed by atoms with Gasteiger partial charge < -0.3 is 4.52 Å². The molecule has 0 atom stereocenters. The predicted octanol–water partition coefficient (Wildman–Crippen LogP) is -1.47. The van der Waals surface area contributed by atoms with E-state index in [1.54, 1.807) is 4.98 Å². The highest BCUT2D eigenvalue weighted by molar-refractivity contribution is 7.46. The molecule has 13 heavy (non-hydrogen) atoms. The summed E-state index contributed by atoms with van der Waals surface area (Å²) in [7, 11) is -4.75. The van der Waals surface area contributed by atoms with Crippen molar-refractivity contribution < 1.29 is 18.9 Å². The molecule has 0 fully saturated rings. The first-order valence-corrected chi connectivity index (χ1v) is 4.49. The SMILES string of the molecule is O=c1cc(OP(=O)(O)O)[nH]c(=O)[nH]1. The number of hydrogen-bond acceptors (Lipinski definition) is 4. The van der Waals surface area contributed by atoms with E-state index in [0.717, 1.165) is 0 Å². The second-order valence-corrected chi connectivity index (χ2v) is 3.20. The number of phosphoric ester groups is 1. The van der Waals surface area contributed by atoms with Crippen LogP contribution in [-0.4, -0.2) is 19.8 Å². The third-order valence-corrected chi connectivity index (χ3v) is 1.39. The van der Waals surface area contributed by atoms with Crippen molar-refractivity contribution in [2.75, 3.05) is 0 Å². The lowest BCUT2D eigenvalue weighted by atomic mass is 10.6. The molecule has 0 unspecified atom stereocenters. The van der Waals surface area contributed by atoms with Crippen LogP contribution in [0.5, 0.6) is 5.88 Å². The lowest BCUT2D eigenvalue weighted by molar-refractivity contribution is 0.279. The number of aromatic amines is 2. The van der Waals surface area contributed by atoms with Crippen molar-refractivity contribution in [3.8, 4) is 5.88 Å². The molecule has 1 rings (SSSR count). The molecule has 1 aromatic rings. The molecule has 0 bridgehead atoms. The quantitative estimate of drug-likeness (QED) is 0.439. The fourth-order valence-corrected chi connectivity index (χ4v) is 0.978. The van der Waals surface area contributed by atoms with Gasteiger partial charge in [0.05, 0.1) is 6.07 Å². The van der Waals surface area contributed by atoms with Crippen molar-refractivity contribution in [1.82, 2.24) is 9.97 Å². The summed E-state index contributed by atoms with van der Waals surface area (Å²) >= 11 is 0. The minimum absolute atomic E-state index is 0.581. The summed E-state index contributed by atoms with van der Waals surface area (Å²) in [6, 6.07) is 0.709. The van der Waals surface area contributed by atoms with E-state index >= 15 is 0 Å². The van der Waals surface area contributed by atoms with Gasteiger partial charge in [-0.2, -0.15) is 0 Å². The third-order valence-electron chi connectivity index (χ3n) is 0.953. The van der Waals surface area contributed by atoms with Gasteiger partial charge in [-0.15, -0.1) is 0 Å². The number of H-pyrrole nitrogens is 2. The van der Waals surface area contributed by atoms with Crippen molar-refractivity contribution in [3.05, 3.63) is 26.9 Å². The molecule has 0 amide bonds. The Morgan fingerprint density at radius 2 is 1.92 bits per heavy atom. The Morgan fingerprint density at radius 1 is 1.31 bits per heavy atom. The second-order valence-electron chi connectivity index (χ2n) is 2.03. The second kappa shape index (κ2) is 3.17. The zero-order chi connectivity index (χ0) is 10.1. The van der Waals surface area contributed by atoms with E-state index in [4.69, 9.17) is 9.79 Å². The molecule has 0 radical (unpaired) electrons. The average Bonchev–Trinajstić information content (AvgIpc) is 1.78. The van der Waals surface area contributed by atoms with Crippen LogP contribution in [-0.2, 0) is 4.57 Å². The maximum absolute atomic E-state index is 10.6. The monoisotopic (exact) mass is 208 g/mol. The third kappa shape index (κ3) is 3.24. The summed E-state index contributed by atoms with van der Waals surface area (Å²) in [5, 5.41) is 0. The Kier molecular flexibility index (Phi) is 2.37. The number of phosphoric acid groups is 1. The van der Waals surface area contributed by atoms with Crippen molar-refractivity contribution in [2.45, 2.75) is 0 Å². The van der Waals surface area contributed by atoms with Crippen molar-refractivity contribution in [1.29, 1.82) is 0 Å². The van der Waals surface area contributed by atoms with E-state index < -0.39 is 25.0 Å².